The first-order chi connectivity index (χ1) is 9.09. The van der Waals surface area contributed by atoms with Crippen LogP contribution in [0.25, 0.3) is 0 Å². The number of hydrogen-bond donors (Lipinski definition) is 0. The monoisotopic (exact) mass is 299 g/mol. The van der Waals surface area contributed by atoms with Crippen LogP contribution < -0.4 is 0 Å². The van der Waals surface area contributed by atoms with Crippen LogP contribution in [0.5, 0.6) is 0 Å². The lowest BCUT2D eigenvalue weighted by atomic mass is 10.2. The lowest BCUT2D eigenvalue weighted by Crippen LogP contribution is -2.30. The summed E-state index contributed by atoms with van der Waals surface area (Å²) in [4.78, 5) is 4.16. The van der Waals surface area contributed by atoms with E-state index < -0.39 is 10.0 Å². The largest absolute Gasteiger partial charge is 0.338 e. The molecule has 0 amide bonds. The van der Waals surface area contributed by atoms with E-state index >= 15 is 0 Å². The molecule has 3 heterocycles. The van der Waals surface area contributed by atoms with Gasteiger partial charge in [0, 0.05) is 6.54 Å². The van der Waals surface area contributed by atoms with Crippen molar-refractivity contribution < 1.29 is 12.9 Å². The van der Waals surface area contributed by atoms with Crippen LogP contribution >= 0.6 is 11.3 Å². The molecule has 0 spiro atoms. The zero-order valence-corrected chi connectivity index (χ0v) is 11.9. The van der Waals surface area contributed by atoms with Crippen LogP contribution in [0, 0.1) is 6.92 Å². The van der Waals surface area contributed by atoms with Crippen LogP contribution in [0.1, 0.15) is 30.6 Å². The van der Waals surface area contributed by atoms with Crippen molar-refractivity contribution in [2.24, 2.45) is 0 Å². The second kappa shape index (κ2) is 4.69. The van der Waals surface area contributed by atoms with Crippen molar-refractivity contribution in [1.82, 2.24) is 14.4 Å². The van der Waals surface area contributed by atoms with E-state index in [1.54, 1.807) is 24.4 Å². The van der Waals surface area contributed by atoms with Gasteiger partial charge in [0.15, 0.2) is 5.82 Å². The quantitative estimate of drug-likeness (QED) is 0.866. The van der Waals surface area contributed by atoms with E-state index in [2.05, 4.69) is 10.1 Å². The van der Waals surface area contributed by atoms with Crippen molar-refractivity contribution >= 4 is 21.4 Å². The fraction of sp³-hybridized carbons (Fsp3) is 0.455. The predicted octanol–water partition coefficient (Wildman–Crippen LogP) is 1.97. The SMILES string of the molecule is Cc1noc([C@H]2CCCN2S(=O)(=O)c2cccs2)n1. The van der Waals surface area contributed by atoms with Gasteiger partial charge >= 0.3 is 0 Å². The third kappa shape index (κ3) is 2.19. The molecule has 19 heavy (non-hydrogen) atoms. The fourth-order valence-electron chi connectivity index (χ4n) is 2.25. The van der Waals surface area contributed by atoms with Gasteiger partial charge in [-0.1, -0.05) is 11.2 Å². The van der Waals surface area contributed by atoms with Crippen molar-refractivity contribution in [2.75, 3.05) is 6.54 Å². The molecule has 0 aromatic carbocycles. The van der Waals surface area contributed by atoms with Crippen LogP contribution in [0.2, 0.25) is 0 Å². The number of thiophene rings is 1. The summed E-state index contributed by atoms with van der Waals surface area (Å²) in [6.07, 6.45) is 1.52. The molecule has 2 aromatic heterocycles. The lowest BCUT2D eigenvalue weighted by Gasteiger charge is -2.20. The molecule has 0 aliphatic carbocycles. The van der Waals surface area contributed by atoms with Crippen LogP contribution in [0.4, 0.5) is 0 Å². The Morgan fingerprint density at radius 3 is 3.00 bits per heavy atom. The third-order valence-electron chi connectivity index (χ3n) is 3.09. The van der Waals surface area contributed by atoms with Gasteiger partial charge in [-0.3, -0.25) is 0 Å². The minimum absolute atomic E-state index is 0.340. The summed E-state index contributed by atoms with van der Waals surface area (Å²) >= 11 is 1.22. The van der Waals surface area contributed by atoms with Crippen molar-refractivity contribution in [1.29, 1.82) is 0 Å². The Hall–Kier alpha value is -1.25. The number of hydrogen-bond acceptors (Lipinski definition) is 6. The molecule has 0 saturated carbocycles. The molecule has 8 heteroatoms. The Balaban J connectivity index is 1.96. The van der Waals surface area contributed by atoms with E-state index in [4.69, 9.17) is 4.52 Å². The topological polar surface area (TPSA) is 76.3 Å². The van der Waals surface area contributed by atoms with Gasteiger partial charge < -0.3 is 4.52 Å². The van der Waals surface area contributed by atoms with Gasteiger partial charge in [-0.25, -0.2) is 8.42 Å². The summed E-state index contributed by atoms with van der Waals surface area (Å²) in [6.45, 7) is 2.21. The smallest absolute Gasteiger partial charge is 0.253 e. The minimum Gasteiger partial charge on any atom is -0.338 e. The highest BCUT2D eigenvalue weighted by Crippen LogP contribution is 2.36. The number of aryl methyl sites for hydroxylation is 1. The molecule has 3 rings (SSSR count). The summed E-state index contributed by atoms with van der Waals surface area (Å²) in [5, 5.41) is 5.49. The summed E-state index contributed by atoms with van der Waals surface area (Å²) in [5.74, 6) is 0.908. The van der Waals surface area contributed by atoms with E-state index in [0.717, 1.165) is 6.42 Å². The number of sulfonamides is 1. The van der Waals surface area contributed by atoms with E-state index in [-0.39, 0.29) is 6.04 Å². The van der Waals surface area contributed by atoms with Gasteiger partial charge in [0.25, 0.3) is 10.0 Å². The number of nitrogens with zero attached hydrogens (tertiary/aromatic N) is 3. The van der Waals surface area contributed by atoms with E-state index in [0.29, 0.717) is 28.9 Å². The Morgan fingerprint density at radius 1 is 1.53 bits per heavy atom. The molecule has 6 nitrogen and oxygen atoms in total. The second-order valence-electron chi connectivity index (χ2n) is 4.39. The normalized spacial score (nSPS) is 21.0. The van der Waals surface area contributed by atoms with Gasteiger partial charge in [-0.15, -0.1) is 11.3 Å². The summed E-state index contributed by atoms with van der Waals surface area (Å²) in [7, 11) is -3.46. The second-order valence-corrected chi connectivity index (χ2v) is 7.45. The van der Waals surface area contributed by atoms with Crippen molar-refractivity contribution in [2.45, 2.75) is 30.0 Å². The Bertz CT molecular complexity index is 663. The molecule has 1 aliphatic heterocycles. The third-order valence-corrected chi connectivity index (χ3v) is 6.37. The van der Waals surface area contributed by atoms with Crippen LogP contribution in [-0.4, -0.2) is 29.4 Å². The predicted molar refractivity (Wildman–Crippen MR) is 69.2 cm³/mol. The van der Waals surface area contributed by atoms with Gasteiger partial charge in [0.05, 0.1) is 0 Å². The first-order valence-corrected chi connectivity index (χ1v) is 8.26. The van der Waals surface area contributed by atoms with Gasteiger partial charge in [-0.05, 0) is 31.2 Å². The molecule has 2 aromatic rings. The molecule has 0 bridgehead atoms. The Labute approximate surface area is 115 Å². The zero-order valence-electron chi connectivity index (χ0n) is 10.3. The minimum atomic E-state index is -3.46. The standard InChI is InChI=1S/C11H13N3O3S2/c1-8-12-11(17-13-8)9-4-2-6-14(9)19(15,16)10-5-3-7-18-10/h3,5,7,9H,2,4,6H2,1H3/t9-/m1/s1. The molecule has 102 valence electrons. The Kier molecular flexibility index (Phi) is 3.15. The molecule has 0 unspecified atom stereocenters. The molecular formula is C11H13N3O3S2. The van der Waals surface area contributed by atoms with E-state index in [1.807, 2.05) is 0 Å². The number of rotatable bonds is 3. The van der Waals surface area contributed by atoms with Gasteiger partial charge in [0.2, 0.25) is 5.89 Å². The Morgan fingerprint density at radius 2 is 2.37 bits per heavy atom. The molecule has 1 fully saturated rings. The molecule has 1 aliphatic rings. The molecule has 0 radical (unpaired) electrons. The maximum atomic E-state index is 12.5. The molecule has 0 N–H and O–H groups in total. The summed E-state index contributed by atoms with van der Waals surface area (Å²) in [5.41, 5.74) is 0. The summed E-state index contributed by atoms with van der Waals surface area (Å²) in [6, 6.07) is 3.02. The summed E-state index contributed by atoms with van der Waals surface area (Å²) < 4.78 is 32.0. The van der Waals surface area contributed by atoms with Crippen LogP contribution in [0.3, 0.4) is 0 Å². The molecule has 1 atom stereocenters. The number of aromatic nitrogens is 2. The van der Waals surface area contributed by atoms with Crippen molar-refractivity contribution in [3.05, 3.63) is 29.2 Å². The maximum absolute atomic E-state index is 12.5. The van der Waals surface area contributed by atoms with E-state index in [9.17, 15) is 8.42 Å². The fourth-order valence-corrected chi connectivity index (χ4v) is 5.02. The van der Waals surface area contributed by atoms with Gasteiger partial charge in [-0.2, -0.15) is 9.29 Å². The van der Waals surface area contributed by atoms with Crippen LogP contribution in [-0.2, 0) is 10.0 Å². The molecular weight excluding hydrogens is 286 g/mol. The van der Waals surface area contributed by atoms with Crippen molar-refractivity contribution in [3.63, 3.8) is 0 Å². The lowest BCUT2D eigenvalue weighted by molar-refractivity contribution is 0.290. The highest BCUT2D eigenvalue weighted by molar-refractivity contribution is 7.91. The first-order valence-electron chi connectivity index (χ1n) is 5.94. The van der Waals surface area contributed by atoms with E-state index in [1.165, 1.54) is 15.6 Å². The highest BCUT2D eigenvalue weighted by Gasteiger charge is 2.39. The van der Waals surface area contributed by atoms with Gasteiger partial charge in [0.1, 0.15) is 10.3 Å². The van der Waals surface area contributed by atoms with Crippen molar-refractivity contribution in [3.8, 4) is 0 Å². The first kappa shape index (κ1) is 12.8. The highest BCUT2D eigenvalue weighted by atomic mass is 32.2. The average molecular weight is 299 g/mol. The van der Waals surface area contributed by atoms with Crippen LogP contribution in [0.15, 0.2) is 26.2 Å². The maximum Gasteiger partial charge on any atom is 0.253 e. The average Bonchev–Trinajstić information content (AvgIpc) is 3.10. The zero-order chi connectivity index (χ0) is 13.5. The molecule has 1 saturated heterocycles.